The first-order chi connectivity index (χ1) is 4.75. The molecule has 10 heavy (non-hydrogen) atoms. The summed E-state index contributed by atoms with van der Waals surface area (Å²) >= 11 is 1.74. The summed E-state index contributed by atoms with van der Waals surface area (Å²) < 4.78 is 0. The van der Waals surface area contributed by atoms with E-state index in [0.29, 0.717) is 11.2 Å². The molecule has 3 unspecified atom stereocenters. The van der Waals surface area contributed by atoms with Crippen molar-refractivity contribution in [3.8, 4) is 0 Å². The lowest BCUT2D eigenvalue weighted by Crippen LogP contribution is -2.23. The third-order valence-electron chi connectivity index (χ3n) is 1.98. The van der Waals surface area contributed by atoms with Gasteiger partial charge in [-0.2, -0.15) is 0 Å². The van der Waals surface area contributed by atoms with E-state index >= 15 is 0 Å². The number of allylic oxidation sites excluding steroid dienone is 1. The van der Waals surface area contributed by atoms with E-state index in [2.05, 4.69) is 25.3 Å². The normalized spacial score (nSPS) is 39.6. The van der Waals surface area contributed by atoms with Gasteiger partial charge in [-0.25, -0.2) is 0 Å². The second-order valence-electron chi connectivity index (χ2n) is 2.74. The van der Waals surface area contributed by atoms with Crippen LogP contribution in [0.5, 0.6) is 0 Å². The average molecular weight is 156 g/mol. The Morgan fingerprint density at radius 1 is 1.50 bits per heavy atom. The Kier molecular flexibility index (Phi) is 2.55. The number of hydrogen-bond donors (Lipinski definition) is 0. The van der Waals surface area contributed by atoms with Gasteiger partial charge >= 0.3 is 0 Å². The lowest BCUT2D eigenvalue weighted by molar-refractivity contribution is -0.111. The summed E-state index contributed by atoms with van der Waals surface area (Å²) in [6.07, 6.45) is 3.18. The van der Waals surface area contributed by atoms with Crippen LogP contribution in [0.1, 0.15) is 13.8 Å². The van der Waals surface area contributed by atoms with Gasteiger partial charge in [-0.05, 0) is 11.3 Å². The second kappa shape index (κ2) is 3.24. The van der Waals surface area contributed by atoms with Gasteiger partial charge in [-0.15, -0.1) is 11.8 Å². The number of thioether (sulfide) groups is 1. The monoisotopic (exact) mass is 156 g/mol. The van der Waals surface area contributed by atoms with E-state index in [1.165, 1.54) is 0 Å². The van der Waals surface area contributed by atoms with Crippen LogP contribution in [-0.4, -0.2) is 11.5 Å². The molecule has 0 saturated carbocycles. The van der Waals surface area contributed by atoms with Gasteiger partial charge in [0, 0.05) is 11.2 Å². The Labute approximate surface area is 65.9 Å². The second-order valence-corrected chi connectivity index (χ2v) is 4.03. The molecule has 0 saturated heterocycles. The molecule has 0 aromatic rings. The zero-order valence-corrected chi connectivity index (χ0v) is 7.10. The van der Waals surface area contributed by atoms with E-state index in [4.69, 9.17) is 0 Å². The zero-order chi connectivity index (χ0) is 7.56. The first kappa shape index (κ1) is 7.86. The Balaban J connectivity index is 2.67. The molecule has 3 atom stereocenters. The topological polar surface area (TPSA) is 17.1 Å². The van der Waals surface area contributed by atoms with Crippen molar-refractivity contribution < 1.29 is 4.79 Å². The van der Waals surface area contributed by atoms with E-state index in [1.807, 2.05) is 0 Å². The standard InChI is InChI=1S/C8H12OS/c1-6-3-4-10-7(2)8(6)5-9/h3-8H,1-2H3. The lowest BCUT2D eigenvalue weighted by Gasteiger charge is -2.24. The number of carbonyl (C=O) groups is 1. The van der Waals surface area contributed by atoms with Gasteiger partial charge in [0.15, 0.2) is 0 Å². The van der Waals surface area contributed by atoms with Crippen LogP contribution in [-0.2, 0) is 4.79 Å². The third kappa shape index (κ3) is 1.43. The number of aldehydes is 1. The Morgan fingerprint density at radius 2 is 2.20 bits per heavy atom. The van der Waals surface area contributed by atoms with Gasteiger partial charge < -0.3 is 4.79 Å². The highest BCUT2D eigenvalue weighted by Gasteiger charge is 2.23. The maximum absolute atomic E-state index is 10.5. The summed E-state index contributed by atoms with van der Waals surface area (Å²) in [4.78, 5) is 10.5. The van der Waals surface area contributed by atoms with Crippen LogP contribution < -0.4 is 0 Å². The maximum Gasteiger partial charge on any atom is 0.124 e. The average Bonchev–Trinajstić information content (AvgIpc) is 1.88. The van der Waals surface area contributed by atoms with E-state index in [9.17, 15) is 4.79 Å². The quantitative estimate of drug-likeness (QED) is 0.541. The van der Waals surface area contributed by atoms with Gasteiger partial charge in [-0.3, -0.25) is 0 Å². The van der Waals surface area contributed by atoms with Crippen LogP contribution in [0.3, 0.4) is 0 Å². The lowest BCUT2D eigenvalue weighted by atomic mass is 9.92. The molecule has 1 aliphatic heterocycles. The van der Waals surface area contributed by atoms with Crippen LogP contribution in [0, 0.1) is 11.8 Å². The fraction of sp³-hybridized carbons (Fsp3) is 0.625. The summed E-state index contributed by atoms with van der Waals surface area (Å²) in [6, 6.07) is 0. The van der Waals surface area contributed by atoms with Crippen molar-refractivity contribution in [1.29, 1.82) is 0 Å². The van der Waals surface area contributed by atoms with Crippen LogP contribution >= 0.6 is 11.8 Å². The summed E-state index contributed by atoms with van der Waals surface area (Å²) in [7, 11) is 0. The predicted molar refractivity (Wildman–Crippen MR) is 44.9 cm³/mol. The SMILES string of the molecule is CC1C=CSC(C)C1C=O. The third-order valence-corrected chi connectivity index (χ3v) is 3.04. The molecule has 1 nitrogen and oxygen atoms in total. The Hall–Kier alpha value is -0.240. The minimum absolute atomic E-state index is 0.218. The molecule has 1 rings (SSSR count). The number of carbonyl (C=O) groups excluding carboxylic acids is 1. The van der Waals surface area contributed by atoms with E-state index in [1.54, 1.807) is 11.8 Å². The number of hydrogen-bond acceptors (Lipinski definition) is 2. The van der Waals surface area contributed by atoms with Gasteiger partial charge in [0.2, 0.25) is 0 Å². The van der Waals surface area contributed by atoms with Crippen LogP contribution in [0.2, 0.25) is 0 Å². The molecular weight excluding hydrogens is 144 g/mol. The van der Waals surface area contributed by atoms with Crippen molar-refractivity contribution in [3.63, 3.8) is 0 Å². The van der Waals surface area contributed by atoms with E-state index < -0.39 is 0 Å². The molecule has 0 amide bonds. The van der Waals surface area contributed by atoms with Gasteiger partial charge in [0.05, 0.1) is 0 Å². The minimum Gasteiger partial charge on any atom is -0.303 e. The molecule has 1 aliphatic rings. The van der Waals surface area contributed by atoms with Crippen molar-refractivity contribution in [2.24, 2.45) is 11.8 Å². The summed E-state index contributed by atoms with van der Waals surface area (Å²) in [5, 5.41) is 2.55. The Bertz CT molecular complexity index is 153. The van der Waals surface area contributed by atoms with E-state index in [-0.39, 0.29) is 5.92 Å². The molecule has 0 radical (unpaired) electrons. The first-order valence-corrected chi connectivity index (χ1v) is 4.47. The van der Waals surface area contributed by atoms with Crippen LogP contribution in [0.15, 0.2) is 11.5 Å². The summed E-state index contributed by atoms with van der Waals surface area (Å²) in [5.41, 5.74) is 0. The molecule has 0 aliphatic carbocycles. The van der Waals surface area contributed by atoms with Crippen molar-refractivity contribution in [1.82, 2.24) is 0 Å². The smallest absolute Gasteiger partial charge is 0.124 e. The molecule has 0 aromatic carbocycles. The molecule has 1 heterocycles. The highest BCUT2D eigenvalue weighted by molar-refractivity contribution is 8.02. The van der Waals surface area contributed by atoms with E-state index in [0.717, 1.165) is 6.29 Å². The molecule has 0 fully saturated rings. The van der Waals surface area contributed by atoms with Crippen molar-refractivity contribution in [2.75, 3.05) is 0 Å². The molecule has 0 aromatic heterocycles. The van der Waals surface area contributed by atoms with Crippen molar-refractivity contribution >= 4 is 18.0 Å². The predicted octanol–water partition coefficient (Wildman–Crippen LogP) is 2.09. The zero-order valence-electron chi connectivity index (χ0n) is 6.28. The molecule has 56 valence electrons. The van der Waals surface area contributed by atoms with Gasteiger partial charge in [0.1, 0.15) is 6.29 Å². The molecule has 0 spiro atoms. The number of rotatable bonds is 1. The maximum atomic E-state index is 10.5. The highest BCUT2D eigenvalue weighted by Crippen LogP contribution is 2.30. The highest BCUT2D eigenvalue weighted by atomic mass is 32.2. The molecule has 2 heteroatoms. The van der Waals surface area contributed by atoms with Crippen LogP contribution in [0.4, 0.5) is 0 Å². The fourth-order valence-electron chi connectivity index (χ4n) is 1.17. The Morgan fingerprint density at radius 3 is 2.60 bits per heavy atom. The molecule has 0 bridgehead atoms. The van der Waals surface area contributed by atoms with Crippen molar-refractivity contribution in [2.45, 2.75) is 19.1 Å². The largest absolute Gasteiger partial charge is 0.303 e. The van der Waals surface area contributed by atoms with Gasteiger partial charge in [-0.1, -0.05) is 19.9 Å². The summed E-state index contributed by atoms with van der Waals surface area (Å²) in [6.45, 7) is 4.19. The first-order valence-electron chi connectivity index (χ1n) is 3.53. The molecular formula is C8H12OS. The fourth-order valence-corrected chi connectivity index (χ4v) is 2.25. The minimum atomic E-state index is 0.218. The summed E-state index contributed by atoms with van der Waals surface area (Å²) in [5.74, 6) is 0.642. The van der Waals surface area contributed by atoms with Gasteiger partial charge in [0.25, 0.3) is 0 Å². The van der Waals surface area contributed by atoms with Crippen molar-refractivity contribution in [3.05, 3.63) is 11.5 Å². The van der Waals surface area contributed by atoms with Crippen LogP contribution in [0.25, 0.3) is 0 Å². The molecule has 0 N–H and O–H groups in total.